The van der Waals surface area contributed by atoms with Crippen molar-refractivity contribution in [2.45, 2.75) is 26.9 Å². The molecule has 0 bridgehead atoms. The molecule has 0 radical (unpaired) electrons. The van der Waals surface area contributed by atoms with Crippen LogP contribution in [0, 0.1) is 20.8 Å². The number of aryl methyl sites for hydroxylation is 2. The fourth-order valence-corrected chi connectivity index (χ4v) is 2.40. The number of amides is 3. The zero-order chi connectivity index (χ0) is 18.6. The highest BCUT2D eigenvalue weighted by Gasteiger charge is 2.29. The Morgan fingerprint density at radius 3 is 2.20 bits per heavy atom. The number of carbonyl (C=O) groups is 3. The summed E-state index contributed by atoms with van der Waals surface area (Å²) in [7, 11) is 1.38. The molecule has 1 heterocycles. The zero-order valence-corrected chi connectivity index (χ0v) is 14.5. The maximum atomic E-state index is 12.6. The van der Waals surface area contributed by atoms with Gasteiger partial charge in [-0.15, -0.1) is 0 Å². The average molecular weight is 344 g/mol. The highest BCUT2D eigenvalue weighted by Crippen LogP contribution is 2.25. The predicted molar refractivity (Wildman–Crippen MR) is 90.1 cm³/mol. The van der Waals surface area contributed by atoms with Crippen LogP contribution in [0.3, 0.4) is 0 Å². The van der Waals surface area contributed by atoms with Gasteiger partial charge in [0.15, 0.2) is 0 Å². The van der Waals surface area contributed by atoms with Crippen LogP contribution in [-0.4, -0.2) is 25.0 Å². The average Bonchev–Trinajstić information content (AvgIpc) is 2.85. The van der Waals surface area contributed by atoms with Crippen molar-refractivity contribution in [3.8, 4) is 0 Å². The number of carbonyl (C=O) groups excluding carboxylic acids is 3. The third-order valence-corrected chi connectivity index (χ3v) is 3.79. The zero-order valence-electron chi connectivity index (χ0n) is 14.5. The van der Waals surface area contributed by atoms with Gasteiger partial charge < -0.3 is 14.5 Å². The molecule has 1 atom stereocenters. The lowest BCUT2D eigenvalue weighted by molar-refractivity contribution is -0.129. The summed E-state index contributed by atoms with van der Waals surface area (Å²) < 4.78 is 10.8. The molecular weight excluding hydrogens is 324 g/mol. The van der Waals surface area contributed by atoms with Gasteiger partial charge in [-0.2, -0.15) is 0 Å². The molecular formula is C18H20N2O5. The minimum absolute atomic E-state index is 0.283. The lowest BCUT2D eigenvalue weighted by Gasteiger charge is -2.17. The number of esters is 1. The van der Waals surface area contributed by atoms with Crippen molar-refractivity contribution in [1.29, 1.82) is 0 Å². The van der Waals surface area contributed by atoms with Crippen molar-refractivity contribution in [1.82, 2.24) is 10.6 Å². The summed E-state index contributed by atoms with van der Waals surface area (Å²) in [6.45, 7) is 5.13. The molecule has 0 saturated carbocycles. The van der Waals surface area contributed by atoms with E-state index >= 15 is 0 Å². The molecule has 1 aromatic heterocycles. The van der Waals surface area contributed by atoms with Crippen LogP contribution in [0.2, 0.25) is 0 Å². The van der Waals surface area contributed by atoms with E-state index in [2.05, 4.69) is 10.6 Å². The second kappa shape index (κ2) is 7.65. The van der Waals surface area contributed by atoms with Gasteiger partial charge in [-0.1, -0.05) is 30.3 Å². The number of nitrogens with one attached hydrogen (secondary N) is 2. The van der Waals surface area contributed by atoms with Crippen molar-refractivity contribution >= 4 is 17.9 Å². The molecule has 2 N–H and O–H groups in total. The van der Waals surface area contributed by atoms with Crippen LogP contribution in [0.1, 0.15) is 39.1 Å². The number of benzene rings is 1. The van der Waals surface area contributed by atoms with E-state index in [1.54, 1.807) is 51.1 Å². The standard InChI is InChI=1S/C18H20N2O5/c1-10-11(2)24-12(3)14(10)17(22)25-15(13-8-6-5-7-9-13)16(21)20-18(23)19-4/h5-9,15H,1-4H3,(H2,19,20,21,23). The van der Waals surface area contributed by atoms with Crippen LogP contribution in [0.4, 0.5) is 4.79 Å². The Kier molecular flexibility index (Phi) is 5.59. The number of hydrogen-bond donors (Lipinski definition) is 2. The molecule has 2 aromatic rings. The topological polar surface area (TPSA) is 97.6 Å². The maximum Gasteiger partial charge on any atom is 0.343 e. The van der Waals surface area contributed by atoms with E-state index in [0.29, 0.717) is 22.6 Å². The van der Waals surface area contributed by atoms with Crippen molar-refractivity contribution in [3.63, 3.8) is 0 Å². The molecule has 0 saturated heterocycles. The molecule has 0 aliphatic carbocycles. The molecule has 1 unspecified atom stereocenters. The summed E-state index contributed by atoms with van der Waals surface area (Å²) >= 11 is 0. The van der Waals surface area contributed by atoms with Crippen LogP contribution in [0.25, 0.3) is 0 Å². The number of rotatable bonds is 4. The Morgan fingerprint density at radius 2 is 1.68 bits per heavy atom. The minimum atomic E-state index is -1.26. The van der Waals surface area contributed by atoms with Crippen molar-refractivity contribution < 1.29 is 23.5 Å². The Labute approximate surface area is 145 Å². The van der Waals surface area contributed by atoms with E-state index in [0.717, 1.165) is 0 Å². The van der Waals surface area contributed by atoms with E-state index in [4.69, 9.17) is 9.15 Å². The Bertz CT molecular complexity index is 795. The molecule has 0 spiro atoms. The van der Waals surface area contributed by atoms with Crippen LogP contribution < -0.4 is 10.6 Å². The third-order valence-electron chi connectivity index (χ3n) is 3.79. The van der Waals surface area contributed by atoms with Crippen molar-refractivity contribution in [3.05, 3.63) is 58.5 Å². The Balaban J connectivity index is 2.31. The molecule has 3 amide bonds. The van der Waals surface area contributed by atoms with Gasteiger partial charge in [0, 0.05) is 18.2 Å². The molecule has 0 aliphatic heterocycles. The van der Waals surface area contributed by atoms with Crippen LogP contribution in [-0.2, 0) is 9.53 Å². The van der Waals surface area contributed by atoms with Crippen molar-refractivity contribution in [2.24, 2.45) is 0 Å². The number of ether oxygens (including phenoxy) is 1. The molecule has 7 heteroatoms. The van der Waals surface area contributed by atoms with E-state index in [1.807, 2.05) is 0 Å². The molecule has 132 valence electrons. The van der Waals surface area contributed by atoms with Gasteiger partial charge in [0.05, 0.1) is 0 Å². The predicted octanol–water partition coefficient (Wildman–Crippen LogP) is 2.56. The van der Waals surface area contributed by atoms with Gasteiger partial charge >= 0.3 is 12.0 Å². The van der Waals surface area contributed by atoms with E-state index in [-0.39, 0.29) is 5.56 Å². The van der Waals surface area contributed by atoms with Crippen molar-refractivity contribution in [2.75, 3.05) is 7.05 Å². The SMILES string of the molecule is CNC(=O)NC(=O)C(OC(=O)c1c(C)oc(C)c1C)c1ccccc1. The second-order valence-electron chi connectivity index (χ2n) is 5.48. The van der Waals surface area contributed by atoms with Gasteiger partial charge in [-0.25, -0.2) is 9.59 Å². The molecule has 25 heavy (non-hydrogen) atoms. The van der Waals surface area contributed by atoms with E-state index < -0.39 is 24.0 Å². The molecule has 1 aromatic carbocycles. The minimum Gasteiger partial charge on any atom is -0.465 e. The van der Waals surface area contributed by atoms with Gasteiger partial charge in [0.1, 0.15) is 17.1 Å². The molecule has 7 nitrogen and oxygen atoms in total. The lowest BCUT2D eigenvalue weighted by Crippen LogP contribution is -2.41. The van der Waals surface area contributed by atoms with Crippen LogP contribution in [0.15, 0.2) is 34.7 Å². The first kappa shape index (κ1) is 18.3. The number of hydrogen-bond acceptors (Lipinski definition) is 5. The maximum absolute atomic E-state index is 12.6. The summed E-state index contributed by atoms with van der Waals surface area (Å²) in [5.41, 5.74) is 1.39. The van der Waals surface area contributed by atoms with E-state index in [1.165, 1.54) is 7.05 Å². The summed E-state index contributed by atoms with van der Waals surface area (Å²) in [6, 6.07) is 7.79. The Hall–Kier alpha value is -3.09. The number of furan rings is 1. The van der Waals surface area contributed by atoms with Crippen LogP contribution >= 0.6 is 0 Å². The summed E-state index contributed by atoms with van der Waals surface area (Å²) in [4.78, 5) is 36.4. The quantitative estimate of drug-likeness (QED) is 0.831. The molecule has 0 fully saturated rings. The van der Waals surface area contributed by atoms with Gasteiger partial charge in [0.2, 0.25) is 6.10 Å². The first-order valence-electron chi connectivity index (χ1n) is 7.70. The van der Waals surface area contributed by atoms with E-state index in [9.17, 15) is 14.4 Å². The smallest absolute Gasteiger partial charge is 0.343 e. The fraction of sp³-hybridized carbons (Fsp3) is 0.278. The monoisotopic (exact) mass is 344 g/mol. The largest absolute Gasteiger partial charge is 0.465 e. The fourth-order valence-electron chi connectivity index (χ4n) is 2.40. The summed E-state index contributed by atoms with van der Waals surface area (Å²) in [6.07, 6.45) is -1.26. The highest BCUT2D eigenvalue weighted by molar-refractivity contribution is 5.99. The Morgan fingerprint density at radius 1 is 1.04 bits per heavy atom. The summed E-state index contributed by atoms with van der Waals surface area (Å²) in [5.74, 6) is -0.406. The lowest BCUT2D eigenvalue weighted by atomic mass is 10.1. The first-order valence-corrected chi connectivity index (χ1v) is 7.70. The highest BCUT2D eigenvalue weighted by atomic mass is 16.5. The third kappa shape index (κ3) is 4.06. The van der Waals surface area contributed by atoms with Gasteiger partial charge in [-0.05, 0) is 20.8 Å². The van der Waals surface area contributed by atoms with Gasteiger partial charge in [0.25, 0.3) is 5.91 Å². The number of imide groups is 1. The second-order valence-corrected chi connectivity index (χ2v) is 5.48. The van der Waals surface area contributed by atoms with Gasteiger partial charge in [-0.3, -0.25) is 10.1 Å². The summed E-state index contributed by atoms with van der Waals surface area (Å²) in [5, 5.41) is 4.41. The first-order chi connectivity index (χ1) is 11.8. The molecule has 0 aliphatic rings. The molecule has 2 rings (SSSR count). The normalized spacial score (nSPS) is 11.5. The van der Waals surface area contributed by atoms with Crippen LogP contribution in [0.5, 0.6) is 0 Å². The number of urea groups is 1.